The van der Waals surface area contributed by atoms with E-state index in [1.165, 1.54) is 23.0 Å². The second-order valence-corrected chi connectivity index (χ2v) is 9.88. The summed E-state index contributed by atoms with van der Waals surface area (Å²) in [5.41, 5.74) is 8.55. The monoisotopic (exact) mass is 475 g/mol. The molecule has 1 fully saturated rings. The smallest absolute Gasteiger partial charge is 0.130 e. The Labute approximate surface area is 214 Å². The molecule has 0 spiro atoms. The Balaban J connectivity index is 1.36. The number of aromatic nitrogens is 1. The molecular weight excluding hydrogens is 442 g/mol. The van der Waals surface area contributed by atoms with Crippen molar-refractivity contribution in [1.82, 2.24) is 9.88 Å². The van der Waals surface area contributed by atoms with Gasteiger partial charge < -0.3 is 10.1 Å². The fourth-order valence-corrected chi connectivity index (χ4v) is 5.40. The summed E-state index contributed by atoms with van der Waals surface area (Å²) in [7, 11) is 0. The predicted octanol–water partition coefficient (Wildman–Crippen LogP) is 6.84. The zero-order chi connectivity index (χ0) is 25.0. The van der Waals surface area contributed by atoms with Crippen LogP contribution in [0, 0.1) is 13.8 Å². The lowest BCUT2D eigenvalue weighted by Crippen LogP contribution is -2.44. The summed E-state index contributed by atoms with van der Waals surface area (Å²) in [6.45, 7) is 6.80. The average molecular weight is 476 g/mol. The van der Waals surface area contributed by atoms with Crippen molar-refractivity contribution in [3.63, 3.8) is 0 Å². The van der Waals surface area contributed by atoms with E-state index in [9.17, 15) is 4.79 Å². The topological polar surface area (TPSA) is 45.2 Å². The van der Waals surface area contributed by atoms with Crippen LogP contribution in [0.25, 0.3) is 11.1 Å². The minimum absolute atomic E-state index is 0.493. The van der Waals surface area contributed by atoms with Gasteiger partial charge in [-0.3, -0.25) is 9.88 Å². The molecule has 0 unspecified atom stereocenters. The molecule has 5 rings (SSSR count). The van der Waals surface area contributed by atoms with Gasteiger partial charge in [0.2, 0.25) is 0 Å². The molecule has 4 nitrogen and oxygen atoms in total. The maximum Gasteiger partial charge on any atom is 0.130 e. The summed E-state index contributed by atoms with van der Waals surface area (Å²) in [5, 5.41) is 3.62. The van der Waals surface area contributed by atoms with E-state index in [4.69, 9.17) is 0 Å². The van der Waals surface area contributed by atoms with E-state index >= 15 is 0 Å². The molecule has 1 aliphatic heterocycles. The van der Waals surface area contributed by atoms with Crippen LogP contribution < -0.4 is 5.32 Å². The van der Waals surface area contributed by atoms with Gasteiger partial charge in [0, 0.05) is 24.1 Å². The Morgan fingerprint density at radius 2 is 1.53 bits per heavy atom. The summed E-state index contributed by atoms with van der Waals surface area (Å²) in [6.07, 6.45) is 4.66. The van der Waals surface area contributed by atoms with Gasteiger partial charge in [0.25, 0.3) is 0 Å². The lowest BCUT2D eigenvalue weighted by Gasteiger charge is -2.40. The lowest BCUT2D eigenvalue weighted by molar-refractivity contribution is -0.114. The number of anilines is 2. The van der Waals surface area contributed by atoms with Crippen LogP contribution in [-0.4, -0.2) is 29.3 Å². The quantitative estimate of drug-likeness (QED) is 0.297. The molecule has 3 aromatic carbocycles. The van der Waals surface area contributed by atoms with Crippen LogP contribution in [0.5, 0.6) is 0 Å². The first kappa shape index (κ1) is 24.0. The average Bonchev–Trinajstić information content (AvgIpc) is 2.92. The van der Waals surface area contributed by atoms with E-state index < -0.39 is 5.41 Å². The highest BCUT2D eigenvalue weighted by Gasteiger charge is 2.39. The number of rotatable bonds is 7. The van der Waals surface area contributed by atoms with Crippen LogP contribution in [0.2, 0.25) is 0 Å². The van der Waals surface area contributed by atoms with Crippen LogP contribution in [0.4, 0.5) is 11.4 Å². The van der Waals surface area contributed by atoms with E-state index in [1.54, 1.807) is 0 Å². The molecule has 1 N–H and O–H groups in total. The van der Waals surface area contributed by atoms with Gasteiger partial charge in [-0.25, -0.2) is 0 Å². The molecule has 2 heterocycles. The Bertz CT molecular complexity index is 1320. The number of benzene rings is 3. The van der Waals surface area contributed by atoms with Crippen molar-refractivity contribution in [2.75, 3.05) is 18.4 Å². The second kappa shape index (κ2) is 10.5. The van der Waals surface area contributed by atoms with Crippen molar-refractivity contribution < 1.29 is 4.79 Å². The largest absolute Gasteiger partial charge is 0.355 e. The molecule has 0 amide bonds. The van der Waals surface area contributed by atoms with E-state index in [0.717, 1.165) is 60.7 Å². The van der Waals surface area contributed by atoms with Crippen LogP contribution in [0.15, 0.2) is 91.1 Å². The molecule has 4 heteroatoms. The Morgan fingerprint density at radius 1 is 0.833 bits per heavy atom. The number of piperidine rings is 1. The molecule has 182 valence electrons. The summed E-state index contributed by atoms with van der Waals surface area (Å²) in [5.74, 6) is 0. The zero-order valence-electron chi connectivity index (χ0n) is 21.1. The van der Waals surface area contributed by atoms with E-state index in [0.29, 0.717) is 0 Å². The number of hydrogen-bond acceptors (Lipinski definition) is 4. The molecule has 0 aliphatic carbocycles. The number of aryl methyl sites for hydroxylation is 2. The summed E-state index contributed by atoms with van der Waals surface area (Å²) < 4.78 is 0. The minimum atomic E-state index is -0.493. The second-order valence-electron chi connectivity index (χ2n) is 9.88. The molecule has 1 aliphatic rings. The van der Waals surface area contributed by atoms with Gasteiger partial charge in [0.05, 0.1) is 11.1 Å². The number of nitrogens with one attached hydrogen (secondary N) is 1. The zero-order valence-corrected chi connectivity index (χ0v) is 21.1. The van der Waals surface area contributed by atoms with Gasteiger partial charge in [-0.15, -0.1) is 0 Å². The van der Waals surface area contributed by atoms with Crippen LogP contribution in [0.1, 0.15) is 35.2 Å². The van der Waals surface area contributed by atoms with Crippen LogP contribution in [-0.2, 0) is 16.8 Å². The first-order valence-electron chi connectivity index (χ1n) is 12.7. The third-order valence-corrected chi connectivity index (χ3v) is 7.51. The number of likely N-dealkylation sites (tertiary alicyclic amines) is 1. The van der Waals surface area contributed by atoms with Crippen LogP contribution >= 0.6 is 0 Å². The Hall–Kier alpha value is -3.76. The highest BCUT2D eigenvalue weighted by Crippen LogP contribution is 2.41. The summed E-state index contributed by atoms with van der Waals surface area (Å²) in [4.78, 5) is 19.7. The van der Waals surface area contributed by atoms with Gasteiger partial charge >= 0.3 is 0 Å². The number of carbonyl (C=O) groups excluding carboxylic acids is 1. The highest BCUT2D eigenvalue weighted by molar-refractivity contribution is 5.78. The third kappa shape index (κ3) is 4.95. The fourth-order valence-electron chi connectivity index (χ4n) is 5.40. The third-order valence-electron chi connectivity index (χ3n) is 7.51. The molecule has 36 heavy (non-hydrogen) atoms. The maximum atomic E-state index is 12.7. The fraction of sp³-hybridized carbons (Fsp3) is 0.250. The van der Waals surface area contributed by atoms with Crippen molar-refractivity contribution in [2.45, 2.75) is 38.6 Å². The molecule has 1 saturated heterocycles. The van der Waals surface area contributed by atoms with Crippen molar-refractivity contribution in [2.24, 2.45) is 0 Å². The minimum Gasteiger partial charge on any atom is -0.355 e. The number of carbonyl (C=O) groups is 1. The van der Waals surface area contributed by atoms with Crippen molar-refractivity contribution in [1.29, 1.82) is 0 Å². The van der Waals surface area contributed by atoms with Gasteiger partial charge in [0.1, 0.15) is 6.29 Å². The van der Waals surface area contributed by atoms with Gasteiger partial charge in [-0.1, -0.05) is 60.7 Å². The standard InChI is InChI=1S/C32H33N3O/c1-24-9-7-19-33-30(24)22-35-20-17-32(23-36,18-21-35)31-25(2)8-6-12-29(31)34-28-15-13-27(14-16-28)26-10-4-3-5-11-26/h3-16,19,23,34H,17-18,20-22H2,1-2H3. The van der Waals surface area contributed by atoms with Gasteiger partial charge in [-0.05, 0) is 91.9 Å². The molecule has 1 aromatic heterocycles. The van der Waals surface area contributed by atoms with Gasteiger partial charge in [-0.2, -0.15) is 0 Å². The Kier molecular flexibility index (Phi) is 6.97. The first-order valence-corrected chi connectivity index (χ1v) is 12.7. The number of hydrogen-bond donors (Lipinski definition) is 1. The van der Waals surface area contributed by atoms with Crippen molar-refractivity contribution in [3.05, 3.63) is 114 Å². The number of pyridine rings is 1. The molecule has 0 atom stereocenters. The normalized spacial score (nSPS) is 15.4. The predicted molar refractivity (Wildman–Crippen MR) is 148 cm³/mol. The highest BCUT2D eigenvalue weighted by atomic mass is 16.1. The lowest BCUT2D eigenvalue weighted by atomic mass is 9.71. The summed E-state index contributed by atoms with van der Waals surface area (Å²) >= 11 is 0. The number of aldehydes is 1. The number of nitrogens with zero attached hydrogens (tertiary/aromatic N) is 2. The van der Waals surface area contributed by atoms with Crippen LogP contribution in [0.3, 0.4) is 0 Å². The van der Waals surface area contributed by atoms with E-state index in [1.807, 2.05) is 18.3 Å². The molecule has 0 saturated carbocycles. The van der Waals surface area contributed by atoms with Crippen molar-refractivity contribution >= 4 is 17.7 Å². The molecular formula is C32H33N3O. The first-order chi connectivity index (χ1) is 17.6. The Morgan fingerprint density at radius 3 is 2.22 bits per heavy atom. The van der Waals surface area contributed by atoms with Crippen molar-refractivity contribution in [3.8, 4) is 11.1 Å². The molecule has 0 bridgehead atoms. The maximum absolute atomic E-state index is 12.7. The summed E-state index contributed by atoms with van der Waals surface area (Å²) in [6, 6.07) is 29.3. The molecule has 0 radical (unpaired) electrons. The molecule has 4 aromatic rings. The SMILES string of the molecule is Cc1cccnc1CN1CCC(C=O)(c2c(C)cccc2Nc2ccc(-c3ccccc3)cc2)CC1. The van der Waals surface area contributed by atoms with E-state index in [2.05, 4.69) is 102 Å². The van der Waals surface area contributed by atoms with E-state index in [-0.39, 0.29) is 0 Å². The van der Waals surface area contributed by atoms with Gasteiger partial charge in [0.15, 0.2) is 0 Å².